The smallest absolute Gasteiger partial charge is 0.410 e. The maximum absolute atomic E-state index is 12.7. The highest BCUT2D eigenvalue weighted by Gasteiger charge is 2.35. The van der Waals surface area contributed by atoms with Crippen LogP contribution in [0.4, 0.5) is 14.9 Å². The maximum Gasteiger partial charge on any atom is 0.410 e. The van der Waals surface area contributed by atoms with Crippen molar-refractivity contribution in [3.05, 3.63) is 29.8 Å². The number of ether oxygens (including phenoxy) is 1. The molecule has 1 aliphatic heterocycles. The number of nitrogens with one attached hydrogen (secondary N) is 2. The van der Waals surface area contributed by atoms with Crippen LogP contribution >= 0.6 is 0 Å². The number of carboxylic acid groups (broad SMARTS) is 1. The number of sulfonamides is 1. The number of carboxylic acids is 1. The zero-order chi connectivity index (χ0) is 24.6. The molecule has 1 aliphatic rings. The maximum atomic E-state index is 12.7. The van der Waals surface area contributed by atoms with E-state index in [2.05, 4.69) is 10.0 Å². The number of carbonyl (C=O) groups excluding carboxylic acids is 3. The van der Waals surface area contributed by atoms with Gasteiger partial charge in [0.05, 0.1) is 12.7 Å². The lowest BCUT2D eigenvalue weighted by molar-refractivity contribution is -0.140. The van der Waals surface area contributed by atoms with Gasteiger partial charge < -0.3 is 15.2 Å². The van der Waals surface area contributed by atoms with Crippen LogP contribution in [-0.2, 0) is 35.8 Å². The molecule has 1 heterocycles. The molecule has 0 aromatic heterocycles. The van der Waals surface area contributed by atoms with Crippen molar-refractivity contribution in [3.8, 4) is 0 Å². The molecule has 1 unspecified atom stereocenters. The van der Waals surface area contributed by atoms with Crippen LogP contribution in [0.1, 0.15) is 31.2 Å². The minimum Gasteiger partial charge on any atom is -0.481 e. The van der Waals surface area contributed by atoms with E-state index in [9.17, 15) is 32.0 Å². The number of likely N-dealkylation sites (tertiary alicyclic amines) is 1. The van der Waals surface area contributed by atoms with Crippen LogP contribution in [0, 0.1) is 0 Å². The Bertz CT molecular complexity index is 1000. The molecule has 1 fully saturated rings. The zero-order valence-electron chi connectivity index (χ0n) is 18.0. The molecular weight excluding hydrogens is 461 g/mol. The van der Waals surface area contributed by atoms with Gasteiger partial charge in [-0.15, -0.1) is 0 Å². The third kappa shape index (κ3) is 8.33. The van der Waals surface area contributed by atoms with Gasteiger partial charge in [0.2, 0.25) is 15.9 Å². The first-order chi connectivity index (χ1) is 15.5. The van der Waals surface area contributed by atoms with E-state index in [0.717, 1.165) is 6.26 Å². The van der Waals surface area contributed by atoms with Crippen LogP contribution in [0.25, 0.3) is 0 Å². The molecule has 182 valence electrons. The van der Waals surface area contributed by atoms with Crippen molar-refractivity contribution in [1.82, 2.24) is 10.2 Å². The lowest BCUT2D eigenvalue weighted by Crippen LogP contribution is -2.55. The number of ketones is 1. The Hall–Kier alpha value is -3.22. The number of hydrogen-bond acceptors (Lipinski definition) is 7. The van der Waals surface area contributed by atoms with Crippen molar-refractivity contribution in [3.63, 3.8) is 0 Å². The lowest BCUT2D eigenvalue weighted by Gasteiger charge is -2.34. The molecular formula is C20H26FN3O8S. The number of nitrogens with zero attached hydrogens (tertiary/aromatic N) is 1. The molecule has 33 heavy (non-hydrogen) atoms. The summed E-state index contributed by atoms with van der Waals surface area (Å²) in [6, 6.07) is 3.69. The second-order valence-electron chi connectivity index (χ2n) is 7.59. The van der Waals surface area contributed by atoms with Crippen molar-refractivity contribution >= 4 is 39.5 Å². The van der Waals surface area contributed by atoms with E-state index in [-0.39, 0.29) is 19.6 Å². The quantitative estimate of drug-likeness (QED) is 0.442. The number of rotatable bonds is 10. The Morgan fingerprint density at radius 1 is 1.27 bits per heavy atom. The van der Waals surface area contributed by atoms with Crippen LogP contribution in [0.3, 0.4) is 0 Å². The second-order valence-corrected chi connectivity index (χ2v) is 9.34. The Morgan fingerprint density at radius 3 is 2.64 bits per heavy atom. The van der Waals surface area contributed by atoms with Crippen LogP contribution in [0.15, 0.2) is 24.3 Å². The van der Waals surface area contributed by atoms with Gasteiger partial charge in [0.25, 0.3) is 0 Å². The fourth-order valence-electron chi connectivity index (χ4n) is 3.37. The normalized spacial score (nSPS) is 17.0. The Morgan fingerprint density at radius 2 is 2.00 bits per heavy atom. The predicted octanol–water partition coefficient (Wildman–Crippen LogP) is 1.05. The number of carbonyl (C=O) groups is 4. The van der Waals surface area contributed by atoms with Gasteiger partial charge >= 0.3 is 12.1 Å². The molecule has 0 bridgehead atoms. The molecule has 1 saturated heterocycles. The van der Waals surface area contributed by atoms with Crippen molar-refractivity contribution in [2.45, 2.75) is 44.4 Å². The number of alkyl halides is 1. The summed E-state index contributed by atoms with van der Waals surface area (Å²) in [4.78, 5) is 49.1. The first-order valence-electron chi connectivity index (χ1n) is 10.1. The monoisotopic (exact) mass is 487 g/mol. The van der Waals surface area contributed by atoms with Gasteiger partial charge in [-0.3, -0.25) is 24.0 Å². The highest BCUT2D eigenvalue weighted by molar-refractivity contribution is 7.92. The average Bonchev–Trinajstić information content (AvgIpc) is 2.75. The molecule has 1 aromatic carbocycles. The zero-order valence-corrected chi connectivity index (χ0v) is 18.8. The van der Waals surface area contributed by atoms with Gasteiger partial charge in [0.1, 0.15) is 25.4 Å². The van der Waals surface area contributed by atoms with Gasteiger partial charge in [-0.2, -0.15) is 0 Å². The molecule has 0 radical (unpaired) electrons. The van der Waals surface area contributed by atoms with Gasteiger partial charge in [-0.1, -0.05) is 12.1 Å². The summed E-state index contributed by atoms with van der Waals surface area (Å²) >= 11 is 0. The summed E-state index contributed by atoms with van der Waals surface area (Å²) < 4.78 is 43.1. The van der Waals surface area contributed by atoms with Crippen molar-refractivity contribution in [2.24, 2.45) is 0 Å². The number of anilines is 1. The minimum atomic E-state index is -3.48. The molecule has 2 atom stereocenters. The van der Waals surface area contributed by atoms with Gasteiger partial charge in [0.15, 0.2) is 5.78 Å². The van der Waals surface area contributed by atoms with Crippen molar-refractivity contribution < 1.29 is 41.8 Å². The molecule has 2 rings (SSSR count). The van der Waals surface area contributed by atoms with E-state index in [1.54, 1.807) is 12.1 Å². The number of benzene rings is 1. The van der Waals surface area contributed by atoms with E-state index >= 15 is 0 Å². The van der Waals surface area contributed by atoms with Gasteiger partial charge in [0, 0.05) is 12.2 Å². The fourth-order valence-corrected chi connectivity index (χ4v) is 3.93. The predicted molar refractivity (Wildman–Crippen MR) is 115 cm³/mol. The number of aliphatic carboxylic acids is 1. The molecule has 2 amide bonds. The summed E-state index contributed by atoms with van der Waals surface area (Å²) in [5, 5.41) is 11.1. The standard InChI is InChI=1S/C20H26FN3O8S/c1-33(30,31)23-14-6-4-5-13(9-14)12-32-20(29)24-8-3-2-7-16(24)19(28)22-15(10-18(26)27)17(25)11-21/h4-6,9,15-16,23H,2-3,7-8,10-12H2,1H3,(H,22,28)(H,26,27)/t15?,16-/m0/s1. The van der Waals surface area contributed by atoms with E-state index in [4.69, 9.17) is 9.84 Å². The molecule has 13 heteroatoms. The van der Waals surface area contributed by atoms with E-state index < -0.39 is 59.0 Å². The minimum absolute atomic E-state index is 0.190. The summed E-state index contributed by atoms with van der Waals surface area (Å²) in [5.74, 6) is -3.22. The summed E-state index contributed by atoms with van der Waals surface area (Å²) in [6.45, 7) is -1.42. The van der Waals surface area contributed by atoms with Crippen molar-refractivity contribution in [1.29, 1.82) is 0 Å². The topological polar surface area (TPSA) is 159 Å². The Kier molecular flexibility index (Phi) is 9.14. The molecule has 11 nitrogen and oxygen atoms in total. The van der Waals surface area contributed by atoms with E-state index in [1.165, 1.54) is 17.0 Å². The van der Waals surface area contributed by atoms with Gasteiger partial charge in [-0.05, 0) is 37.0 Å². The molecule has 1 aromatic rings. The molecule has 0 aliphatic carbocycles. The molecule has 0 saturated carbocycles. The van der Waals surface area contributed by atoms with Crippen LogP contribution in [0.2, 0.25) is 0 Å². The highest BCUT2D eigenvalue weighted by atomic mass is 32.2. The second kappa shape index (κ2) is 11.6. The molecule has 0 spiro atoms. The lowest BCUT2D eigenvalue weighted by atomic mass is 10.0. The number of Topliss-reactive ketones (excluding diaryl/α,β-unsaturated/α-hetero) is 1. The Balaban J connectivity index is 2.04. The van der Waals surface area contributed by atoms with Crippen molar-refractivity contribution in [2.75, 3.05) is 24.2 Å². The first-order valence-corrected chi connectivity index (χ1v) is 12.0. The van der Waals surface area contributed by atoms with Crippen LogP contribution < -0.4 is 10.0 Å². The number of hydrogen-bond donors (Lipinski definition) is 3. The molecule has 3 N–H and O–H groups in total. The number of halogens is 1. The SMILES string of the molecule is CS(=O)(=O)Nc1cccc(COC(=O)N2CCCC[C@H]2C(=O)NC(CC(=O)O)C(=O)CF)c1. The van der Waals surface area contributed by atoms with Crippen LogP contribution in [-0.4, -0.2) is 73.7 Å². The summed E-state index contributed by atoms with van der Waals surface area (Å²) in [5.41, 5.74) is 0.799. The fraction of sp³-hybridized carbons (Fsp3) is 0.500. The summed E-state index contributed by atoms with van der Waals surface area (Å²) in [7, 11) is -3.48. The summed E-state index contributed by atoms with van der Waals surface area (Å²) in [6.07, 6.45) is 0.907. The third-order valence-electron chi connectivity index (χ3n) is 4.85. The van der Waals surface area contributed by atoms with Gasteiger partial charge in [-0.25, -0.2) is 17.6 Å². The highest BCUT2D eigenvalue weighted by Crippen LogP contribution is 2.20. The number of amides is 2. The van der Waals surface area contributed by atoms with E-state index in [0.29, 0.717) is 24.1 Å². The number of piperidine rings is 1. The average molecular weight is 488 g/mol. The Labute approximate surface area is 190 Å². The van der Waals surface area contributed by atoms with Crippen LogP contribution in [0.5, 0.6) is 0 Å². The first kappa shape index (κ1) is 26.0. The third-order valence-corrected chi connectivity index (χ3v) is 5.45. The largest absolute Gasteiger partial charge is 0.481 e. The van der Waals surface area contributed by atoms with E-state index in [1.807, 2.05) is 0 Å².